The molecule has 0 radical (unpaired) electrons. The van der Waals surface area contributed by atoms with Crippen molar-refractivity contribution in [1.82, 2.24) is 10.5 Å². The van der Waals surface area contributed by atoms with E-state index >= 15 is 0 Å². The number of fused-ring (bicyclic) bond motifs is 1. The average Bonchev–Trinajstić information content (AvgIpc) is 2.81. The van der Waals surface area contributed by atoms with E-state index < -0.39 is 5.60 Å². The van der Waals surface area contributed by atoms with Gasteiger partial charge in [0.1, 0.15) is 5.76 Å². The van der Waals surface area contributed by atoms with Crippen LogP contribution in [0.1, 0.15) is 34.7 Å². The van der Waals surface area contributed by atoms with Crippen LogP contribution in [-0.2, 0) is 12.8 Å². The first-order chi connectivity index (χ1) is 10.2. The number of aromatic nitrogens is 1. The lowest BCUT2D eigenvalue weighted by Gasteiger charge is -2.25. The number of carbonyl (C=O) groups excluding carboxylic acids is 1. The third kappa shape index (κ3) is 3.57. The van der Waals surface area contributed by atoms with E-state index in [0.717, 1.165) is 48.5 Å². The Hall–Kier alpha value is -0.660. The molecule has 1 aromatic heterocycles. The molecule has 0 saturated carbocycles. The Kier molecular flexibility index (Phi) is 4.81. The van der Waals surface area contributed by atoms with E-state index in [1.807, 2.05) is 0 Å². The molecule has 1 aromatic rings. The molecule has 1 fully saturated rings. The molecular weight excluding hydrogens is 308 g/mol. The summed E-state index contributed by atoms with van der Waals surface area (Å²) in [6, 6.07) is 0. The lowest BCUT2D eigenvalue weighted by atomic mass is 9.96. The molecule has 116 valence electrons. The number of rotatable bonds is 3. The van der Waals surface area contributed by atoms with Crippen molar-refractivity contribution in [3.63, 3.8) is 0 Å². The predicted molar refractivity (Wildman–Crippen MR) is 85.1 cm³/mol. The first kappa shape index (κ1) is 15.2. The molecule has 0 spiro atoms. The predicted octanol–water partition coefficient (Wildman–Crippen LogP) is 1.49. The maximum atomic E-state index is 12.3. The van der Waals surface area contributed by atoms with Crippen LogP contribution in [0.2, 0.25) is 0 Å². The van der Waals surface area contributed by atoms with E-state index in [2.05, 4.69) is 10.5 Å². The second kappa shape index (κ2) is 6.62. The van der Waals surface area contributed by atoms with Gasteiger partial charge in [0.25, 0.3) is 5.91 Å². The van der Waals surface area contributed by atoms with Crippen LogP contribution in [0.4, 0.5) is 0 Å². The molecule has 2 heterocycles. The summed E-state index contributed by atoms with van der Waals surface area (Å²) in [5.41, 5.74) is 0.531. The van der Waals surface area contributed by atoms with Crippen LogP contribution in [0, 0.1) is 0 Å². The highest BCUT2D eigenvalue weighted by molar-refractivity contribution is 8.03. The van der Waals surface area contributed by atoms with Gasteiger partial charge >= 0.3 is 0 Å². The normalized spacial score (nSPS) is 21.4. The fraction of sp³-hybridized carbons (Fsp3) is 0.714. The van der Waals surface area contributed by atoms with Crippen LogP contribution in [0.5, 0.6) is 0 Å². The molecule has 1 aliphatic heterocycles. The maximum Gasteiger partial charge on any atom is 0.273 e. The molecule has 0 bridgehead atoms. The van der Waals surface area contributed by atoms with Gasteiger partial charge < -0.3 is 14.9 Å². The standard InChI is InChI=1S/C14H20N2O3S2/c17-13(12-10-3-1-2-4-11(10)19-16-12)15-7-14(18)8-20-5-6-21-9-14/h18H,1-9H2,(H,15,17). The molecule has 0 atom stereocenters. The zero-order valence-electron chi connectivity index (χ0n) is 11.9. The molecule has 0 aromatic carbocycles. The minimum Gasteiger partial charge on any atom is -0.386 e. The molecule has 3 rings (SSSR count). The summed E-state index contributed by atoms with van der Waals surface area (Å²) in [6.45, 7) is 0.271. The van der Waals surface area contributed by atoms with Crippen LogP contribution < -0.4 is 5.32 Å². The van der Waals surface area contributed by atoms with E-state index in [1.54, 1.807) is 23.5 Å². The Bertz CT molecular complexity index is 510. The molecular formula is C14H20N2O3S2. The van der Waals surface area contributed by atoms with Crippen LogP contribution in [-0.4, -0.2) is 51.3 Å². The quantitative estimate of drug-likeness (QED) is 0.876. The number of nitrogens with one attached hydrogen (secondary N) is 1. The van der Waals surface area contributed by atoms with Crippen LogP contribution >= 0.6 is 23.5 Å². The lowest BCUT2D eigenvalue weighted by Crippen LogP contribution is -2.46. The van der Waals surface area contributed by atoms with E-state index in [4.69, 9.17) is 4.52 Å². The molecule has 7 heteroatoms. The monoisotopic (exact) mass is 328 g/mol. The summed E-state index contributed by atoms with van der Waals surface area (Å²) in [7, 11) is 0. The number of nitrogens with zero attached hydrogens (tertiary/aromatic N) is 1. The smallest absolute Gasteiger partial charge is 0.273 e. The summed E-state index contributed by atoms with van der Waals surface area (Å²) in [4.78, 5) is 12.3. The van der Waals surface area contributed by atoms with Crippen molar-refractivity contribution in [3.05, 3.63) is 17.0 Å². The van der Waals surface area contributed by atoms with Gasteiger partial charge in [-0.3, -0.25) is 4.79 Å². The Balaban J connectivity index is 1.62. The van der Waals surface area contributed by atoms with Crippen molar-refractivity contribution in [2.75, 3.05) is 29.6 Å². The number of hydrogen-bond donors (Lipinski definition) is 2. The summed E-state index contributed by atoms with van der Waals surface area (Å²) < 4.78 is 5.26. The molecule has 21 heavy (non-hydrogen) atoms. The SMILES string of the molecule is O=C(NCC1(O)CSCCSC1)c1noc2c1CCCC2. The largest absolute Gasteiger partial charge is 0.386 e. The summed E-state index contributed by atoms with van der Waals surface area (Å²) in [5, 5.41) is 17.3. The number of amides is 1. The first-order valence-corrected chi connectivity index (χ1v) is 9.62. The highest BCUT2D eigenvalue weighted by atomic mass is 32.2. The Morgan fingerprint density at radius 2 is 2.00 bits per heavy atom. The molecule has 2 N–H and O–H groups in total. The zero-order valence-corrected chi connectivity index (χ0v) is 13.5. The Morgan fingerprint density at radius 1 is 1.29 bits per heavy atom. The molecule has 1 amide bonds. The third-order valence-electron chi connectivity index (χ3n) is 3.86. The van der Waals surface area contributed by atoms with Crippen molar-refractivity contribution in [2.24, 2.45) is 0 Å². The van der Waals surface area contributed by atoms with Gasteiger partial charge in [0.2, 0.25) is 0 Å². The van der Waals surface area contributed by atoms with Crippen LogP contribution in [0.3, 0.4) is 0 Å². The Labute approximate surface area is 132 Å². The minimum absolute atomic E-state index is 0.227. The molecule has 0 unspecified atom stereocenters. The van der Waals surface area contributed by atoms with Gasteiger partial charge in [0.15, 0.2) is 5.69 Å². The average molecular weight is 328 g/mol. The second-order valence-corrected chi connectivity index (χ2v) is 7.86. The number of thioether (sulfide) groups is 2. The van der Waals surface area contributed by atoms with Crippen molar-refractivity contribution in [3.8, 4) is 0 Å². The van der Waals surface area contributed by atoms with Gasteiger partial charge in [-0.15, -0.1) is 0 Å². The number of aliphatic hydroxyl groups is 1. The fourth-order valence-corrected chi connectivity index (χ4v) is 5.21. The molecule has 5 nitrogen and oxygen atoms in total. The maximum absolute atomic E-state index is 12.3. The van der Waals surface area contributed by atoms with Gasteiger partial charge in [-0.1, -0.05) is 5.16 Å². The van der Waals surface area contributed by atoms with E-state index in [1.165, 1.54) is 0 Å². The zero-order chi connectivity index (χ0) is 14.7. The lowest BCUT2D eigenvalue weighted by molar-refractivity contribution is 0.0747. The second-order valence-electron chi connectivity index (χ2n) is 5.65. The summed E-state index contributed by atoms with van der Waals surface area (Å²) >= 11 is 3.48. The van der Waals surface area contributed by atoms with Crippen molar-refractivity contribution in [1.29, 1.82) is 0 Å². The van der Waals surface area contributed by atoms with Crippen LogP contribution in [0.15, 0.2) is 4.52 Å². The molecule has 1 saturated heterocycles. The number of carbonyl (C=O) groups is 1. The first-order valence-electron chi connectivity index (χ1n) is 7.31. The summed E-state index contributed by atoms with van der Waals surface area (Å²) in [6.07, 6.45) is 3.90. The van der Waals surface area contributed by atoms with E-state index in [0.29, 0.717) is 17.2 Å². The van der Waals surface area contributed by atoms with Crippen molar-refractivity contribution in [2.45, 2.75) is 31.3 Å². The van der Waals surface area contributed by atoms with Gasteiger partial charge in [-0.05, 0) is 19.3 Å². The molecule has 1 aliphatic carbocycles. The van der Waals surface area contributed by atoms with Crippen molar-refractivity contribution >= 4 is 29.4 Å². The van der Waals surface area contributed by atoms with Gasteiger partial charge in [-0.2, -0.15) is 23.5 Å². The van der Waals surface area contributed by atoms with E-state index in [9.17, 15) is 9.90 Å². The third-order valence-corrected chi connectivity index (χ3v) is 6.58. The van der Waals surface area contributed by atoms with Crippen molar-refractivity contribution < 1.29 is 14.4 Å². The highest BCUT2D eigenvalue weighted by Crippen LogP contribution is 2.26. The number of aryl methyl sites for hydroxylation is 1. The highest BCUT2D eigenvalue weighted by Gasteiger charge is 2.31. The fourth-order valence-electron chi connectivity index (χ4n) is 2.68. The minimum atomic E-state index is -0.828. The topological polar surface area (TPSA) is 75.4 Å². The van der Waals surface area contributed by atoms with E-state index in [-0.39, 0.29) is 12.5 Å². The molecule has 2 aliphatic rings. The summed E-state index contributed by atoms with van der Waals surface area (Å²) in [5.74, 6) is 4.06. The van der Waals surface area contributed by atoms with Gasteiger partial charge in [0, 0.05) is 41.5 Å². The Morgan fingerprint density at radius 3 is 2.76 bits per heavy atom. The van der Waals surface area contributed by atoms with Gasteiger partial charge in [-0.25, -0.2) is 0 Å². The van der Waals surface area contributed by atoms with Gasteiger partial charge in [0.05, 0.1) is 5.60 Å². The number of hydrogen-bond acceptors (Lipinski definition) is 6. The van der Waals surface area contributed by atoms with Crippen LogP contribution in [0.25, 0.3) is 0 Å².